The van der Waals surface area contributed by atoms with Crippen molar-refractivity contribution in [2.45, 2.75) is 43.9 Å². The van der Waals surface area contributed by atoms with Gasteiger partial charge in [-0.2, -0.15) is 0 Å². The average molecular weight is 300 g/mol. The van der Waals surface area contributed by atoms with Crippen LogP contribution in [0.2, 0.25) is 0 Å². The second kappa shape index (κ2) is 7.35. The molecule has 0 saturated heterocycles. The van der Waals surface area contributed by atoms with E-state index in [2.05, 4.69) is 6.92 Å². The lowest BCUT2D eigenvalue weighted by atomic mass is 9.91. The van der Waals surface area contributed by atoms with Gasteiger partial charge in [0.05, 0.1) is 9.82 Å². The molecule has 0 amide bonds. The third-order valence-electron chi connectivity index (χ3n) is 3.27. The highest BCUT2D eigenvalue weighted by Gasteiger charge is 2.10. The third kappa shape index (κ3) is 5.66. The van der Waals surface area contributed by atoms with Crippen LogP contribution in [-0.2, 0) is 10.0 Å². The molecular formula is C13H20N2O4S. The molecule has 0 unspecified atom stereocenters. The number of rotatable bonds is 2. The van der Waals surface area contributed by atoms with E-state index in [0.29, 0.717) is 0 Å². The van der Waals surface area contributed by atoms with Gasteiger partial charge in [0.25, 0.3) is 5.69 Å². The van der Waals surface area contributed by atoms with Crippen LogP contribution in [0, 0.1) is 16.0 Å². The summed E-state index contributed by atoms with van der Waals surface area (Å²) >= 11 is 0. The van der Waals surface area contributed by atoms with Crippen molar-refractivity contribution in [2.24, 2.45) is 11.1 Å². The number of hydrogen-bond acceptors (Lipinski definition) is 4. The first kappa shape index (κ1) is 16.6. The standard InChI is InChI=1S/C7H14.C6H6N2O4S/c1-7-5-3-2-4-6-7;7-13(11,12)6-3-1-5(2-4-6)8(9)10/h7H,2-6H2,1H3;1-4H,(H2,7,11,12). The summed E-state index contributed by atoms with van der Waals surface area (Å²) in [7, 11) is -3.77. The quantitative estimate of drug-likeness (QED) is 0.669. The summed E-state index contributed by atoms with van der Waals surface area (Å²) in [5.74, 6) is 1.04. The van der Waals surface area contributed by atoms with E-state index in [1.165, 1.54) is 32.1 Å². The van der Waals surface area contributed by atoms with Crippen molar-refractivity contribution in [2.75, 3.05) is 0 Å². The molecule has 6 nitrogen and oxygen atoms in total. The van der Waals surface area contributed by atoms with Gasteiger partial charge in [-0.3, -0.25) is 10.1 Å². The van der Waals surface area contributed by atoms with Crippen LogP contribution in [0.15, 0.2) is 29.2 Å². The molecule has 2 N–H and O–H groups in total. The Morgan fingerprint density at radius 2 is 1.65 bits per heavy atom. The van der Waals surface area contributed by atoms with E-state index in [4.69, 9.17) is 5.14 Å². The zero-order valence-electron chi connectivity index (χ0n) is 11.5. The van der Waals surface area contributed by atoms with Gasteiger partial charge >= 0.3 is 0 Å². The van der Waals surface area contributed by atoms with Gasteiger partial charge in [-0.05, 0) is 18.1 Å². The molecule has 0 bridgehead atoms. The highest BCUT2D eigenvalue weighted by Crippen LogP contribution is 2.22. The largest absolute Gasteiger partial charge is 0.269 e. The highest BCUT2D eigenvalue weighted by molar-refractivity contribution is 7.89. The Morgan fingerprint density at radius 1 is 1.15 bits per heavy atom. The topological polar surface area (TPSA) is 103 Å². The SMILES string of the molecule is CC1CCCCC1.NS(=O)(=O)c1ccc([N+](=O)[O-])cc1. The van der Waals surface area contributed by atoms with Crippen LogP contribution in [0.4, 0.5) is 5.69 Å². The first-order chi connectivity index (χ1) is 9.30. The fourth-order valence-electron chi connectivity index (χ4n) is 2.06. The molecule has 2 rings (SSSR count). The first-order valence-corrected chi connectivity index (χ1v) is 8.12. The smallest absolute Gasteiger partial charge is 0.258 e. The lowest BCUT2D eigenvalue weighted by Crippen LogP contribution is -2.11. The molecule has 1 aliphatic rings. The van der Waals surface area contributed by atoms with Crippen molar-refractivity contribution in [3.63, 3.8) is 0 Å². The Kier molecular flexibility index (Phi) is 6.09. The van der Waals surface area contributed by atoms with Crippen LogP contribution in [0.25, 0.3) is 0 Å². The number of nitro benzene ring substituents is 1. The molecule has 0 radical (unpaired) electrons. The molecule has 1 fully saturated rings. The summed E-state index contributed by atoms with van der Waals surface area (Å²) in [5.41, 5.74) is -0.174. The summed E-state index contributed by atoms with van der Waals surface area (Å²) in [4.78, 5) is 9.43. The van der Waals surface area contributed by atoms with Crippen LogP contribution >= 0.6 is 0 Å². The Bertz CT molecular complexity index is 534. The number of primary sulfonamides is 1. The van der Waals surface area contributed by atoms with Gasteiger partial charge in [0.15, 0.2) is 0 Å². The molecule has 0 aliphatic heterocycles. The number of nitro groups is 1. The average Bonchev–Trinajstić information content (AvgIpc) is 2.39. The number of sulfonamides is 1. The van der Waals surface area contributed by atoms with E-state index in [1.807, 2.05) is 0 Å². The summed E-state index contributed by atoms with van der Waals surface area (Å²) in [6, 6.07) is 4.35. The van der Waals surface area contributed by atoms with E-state index >= 15 is 0 Å². The second-order valence-electron chi connectivity index (χ2n) is 5.04. The second-order valence-corrected chi connectivity index (χ2v) is 6.60. The van der Waals surface area contributed by atoms with Gasteiger partial charge in [0.1, 0.15) is 0 Å². The molecule has 0 aromatic heterocycles. The number of nitrogens with two attached hydrogens (primary N) is 1. The van der Waals surface area contributed by atoms with Gasteiger partial charge in [-0.25, -0.2) is 13.6 Å². The summed E-state index contributed by atoms with van der Waals surface area (Å²) < 4.78 is 21.4. The number of hydrogen-bond donors (Lipinski definition) is 1. The maximum Gasteiger partial charge on any atom is 0.269 e. The monoisotopic (exact) mass is 300 g/mol. The molecule has 1 aliphatic carbocycles. The normalized spacial score (nSPS) is 16.1. The van der Waals surface area contributed by atoms with E-state index in [-0.39, 0.29) is 10.6 Å². The maximum absolute atomic E-state index is 10.7. The lowest BCUT2D eigenvalue weighted by Gasteiger charge is -2.15. The van der Waals surface area contributed by atoms with Crippen LogP contribution < -0.4 is 5.14 Å². The zero-order valence-corrected chi connectivity index (χ0v) is 12.3. The maximum atomic E-state index is 10.7. The van der Waals surface area contributed by atoms with Crippen LogP contribution in [0.3, 0.4) is 0 Å². The van der Waals surface area contributed by atoms with Crippen molar-refractivity contribution in [1.29, 1.82) is 0 Å². The Labute approximate surface area is 119 Å². The summed E-state index contributed by atoms with van der Waals surface area (Å²) in [5, 5.41) is 15.0. The Morgan fingerprint density at radius 3 is 1.95 bits per heavy atom. The lowest BCUT2D eigenvalue weighted by molar-refractivity contribution is -0.384. The van der Waals surface area contributed by atoms with Crippen LogP contribution in [-0.4, -0.2) is 13.3 Å². The minimum Gasteiger partial charge on any atom is -0.258 e. The highest BCUT2D eigenvalue weighted by atomic mass is 32.2. The van der Waals surface area contributed by atoms with Gasteiger partial charge < -0.3 is 0 Å². The van der Waals surface area contributed by atoms with Crippen molar-refractivity contribution in [1.82, 2.24) is 0 Å². The van der Waals surface area contributed by atoms with Crippen molar-refractivity contribution < 1.29 is 13.3 Å². The zero-order chi connectivity index (χ0) is 15.2. The van der Waals surface area contributed by atoms with Crippen LogP contribution in [0.1, 0.15) is 39.0 Å². The van der Waals surface area contributed by atoms with Gasteiger partial charge in [-0.1, -0.05) is 39.0 Å². The molecule has 0 heterocycles. The van der Waals surface area contributed by atoms with Crippen LogP contribution in [0.5, 0.6) is 0 Å². The Balaban J connectivity index is 0.000000240. The van der Waals surface area contributed by atoms with Gasteiger partial charge in [0.2, 0.25) is 10.0 Å². The molecular weight excluding hydrogens is 280 g/mol. The minimum atomic E-state index is -3.77. The Hall–Kier alpha value is -1.47. The molecule has 1 saturated carbocycles. The molecule has 1 aromatic carbocycles. The van der Waals surface area contributed by atoms with Gasteiger partial charge in [0, 0.05) is 12.1 Å². The van der Waals surface area contributed by atoms with E-state index in [0.717, 1.165) is 30.2 Å². The first-order valence-electron chi connectivity index (χ1n) is 6.58. The summed E-state index contributed by atoms with van der Waals surface area (Å²) in [6.45, 7) is 2.36. The van der Waals surface area contributed by atoms with Gasteiger partial charge in [-0.15, -0.1) is 0 Å². The number of benzene rings is 1. The minimum absolute atomic E-state index is 0.141. The molecule has 0 spiro atoms. The molecule has 0 atom stereocenters. The predicted octanol–water partition coefficient (Wildman–Crippen LogP) is 2.83. The van der Waals surface area contributed by atoms with Crippen molar-refractivity contribution >= 4 is 15.7 Å². The van der Waals surface area contributed by atoms with Crippen molar-refractivity contribution in [3.05, 3.63) is 34.4 Å². The number of non-ortho nitro benzene ring substituents is 1. The molecule has 7 heteroatoms. The number of nitrogens with zero attached hydrogens (tertiary/aromatic N) is 1. The van der Waals surface area contributed by atoms with E-state index < -0.39 is 14.9 Å². The molecule has 112 valence electrons. The van der Waals surface area contributed by atoms with E-state index in [9.17, 15) is 18.5 Å². The molecule has 20 heavy (non-hydrogen) atoms. The third-order valence-corrected chi connectivity index (χ3v) is 4.20. The fraction of sp³-hybridized carbons (Fsp3) is 0.538. The van der Waals surface area contributed by atoms with Crippen molar-refractivity contribution in [3.8, 4) is 0 Å². The fourth-order valence-corrected chi connectivity index (χ4v) is 2.58. The van der Waals surface area contributed by atoms with E-state index in [1.54, 1.807) is 0 Å². The predicted molar refractivity (Wildman–Crippen MR) is 76.7 cm³/mol. The summed E-state index contributed by atoms with van der Waals surface area (Å²) in [6.07, 6.45) is 7.44. The molecule has 1 aromatic rings.